The molecule has 1 unspecified atom stereocenters. The summed E-state index contributed by atoms with van der Waals surface area (Å²) in [7, 11) is 1.55. The van der Waals surface area contributed by atoms with Crippen molar-refractivity contribution >= 4 is 40.8 Å². The van der Waals surface area contributed by atoms with Gasteiger partial charge in [-0.2, -0.15) is 0 Å². The molecule has 1 aromatic carbocycles. The number of carbonyl (C=O) groups is 2. The molecular formula is C18H21Cl2NO5. The molecule has 1 amide bonds. The van der Waals surface area contributed by atoms with Crippen molar-refractivity contribution in [3.63, 3.8) is 0 Å². The summed E-state index contributed by atoms with van der Waals surface area (Å²) in [5.41, 5.74) is 0.406. The highest BCUT2D eigenvalue weighted by Crippen LogP contribution is 2.41. The SMILES string of the molecule is CCOC(=O)OC1=C(c2c(C)cc(Cl)cc2Cl)C(=O)NC1(C)CCOC. The van der Waals surface area contributed by atoms with Crippen LogP contribution in [0, 0.1) is 6.92 Å². The maximum absolute atomic E-state index is 12.8. The number of aryl methyl sites for hydroxylation is 1. The average Bonchev–Trinajstić information content (AvgIpc) is 2.77. The van der Waals surface area contributed by atoms with Crippen LogP contribution in [0.15, 0.2) is 17.9 Å². The molecule has 1 aliphatic rings. The van der Waals surface area contributed by atoms with Crippen LogP contribution in [0.1, 0.15) is 31.4 Å². The van der Waals surface area contributed by atoms with Crippen molar-refractivity contribution < 1.29 is 23.8 Å². The van der Waals surface area contributed by atoms with Gasteiger partial charge in [-0.15, -0.1) is 0 Å². The Balaban J connectivity index is 2.63. The molecule has 1 aliphatic heterocycles. The summed E-state index contributed by atoms with van der Waals surface area (Å²) in [6.07, 6.45) is -0.486. The normalized spacial score (nSPS) is 19.5. The molecule has 0 fully saturated rings. The average molecular weight is 402 g/mol. The van der Waals surface area contributed by atoms with E-state index in [0.717, 1.165) is 0 Å². The molecular weight excluding hydrogens is 381 g/mol. The number of ether oxygens (including phenoxy) is 3. The molecule has 0 spiro atoms. The third-order valence-electron chi connectivity index (χ3n) is 4.10. The lowest BCUT2D eigenvalue weighted by Crippen LogP contribution is -2.43. The molecule has 1 atom stereocenters. The largest absolute Gasteiger partial charge is 0.513 e. The van der Waals surface area contributed by atoms with Crippen LogP contribution in [0.2, 0.25) is 10.0 Å². The number of hydrogen-bond donors (Lipinski definition) is 1. The third kappa shape index (κ3) is 4.14. The third-order valence-corrected chi connectivity index (χ3v) is 4.62. The fraction of sp³-hybridized carbons (Fsp3) is 0.444. The molecule has 0 aromatic heterocycles. The number of halogens is 2. The smallest absolute Gasteiger partial charge is 0.434 e. The van der Waals surface area contributed by atoms with E-state index in [-0.39, 0.29) is 17.9 Å². The lowest BCUT2D eigenvalue weighted by Gasteiger charge is -2.26. The highest BCUT2D eigenvalue weighted by Gasteiger charge is 2.45. The van der Waals surface area contributed by atoms with Gasteiger partial charge < -0.3 is 19.5 Å². The zero-order valence-corrected chi connectivity index (χ0v) is 16.6. The maximum atomic E-state index is 12.8. The van der Waals surface area contributed by atoms with Gasteiger partial charge >= 0.3 is 6.16 Å². The summed E-state index contributed by atoms with van der Waals surface area (Å²) in [6.45, 7) is 5.70. The van der Waals surface area contributed by atoms with Gasteiger partial charge in [0.25, 0.3) is 5.91 Å². The fourth-order valence-electron chi connectivity index (χ4n) is 2.87. The van der Waals surface area contributed by atoms with Crippen molar-refractivity contribution in [2.45, 2.75) is 32.7 Å². The number of nitrogens with one attached hydrogen (secondary N) is 1. The van der Waals surface area contributed by atoms with Crippen LogP contribution < -0.4 is 5.32 Å². The van der Waals surface area contributed by atoms with E-state index in [1.54, 1.807) is 40.0 Å². The summed E-state index contributed by atoms with van der Waals surface area (Å²) in [6, 6.07) is 3.23. The molecule has 0 saturated carbocycles. The Bertz CT molecular complexity index is 739. The summed E-state index contributed by atoms with van der Waals surface area (Å²) in [5, 5.41) is 3.60. The first-order chi connectivity index (χ1) is 12.2. The Kier molecular flexibility index (Phi) is 6.55. The summed E-state index contributed by atoms with van der Waals surface area (Å²) < 4.78 is 15.4. The van der Waals surface area contributed by atoms with E-state index in [2.05, 4.69) is 5.32 Å². The van der Waals surface area contributed by atoms with Gasteiger partial charge in [0.2, 0.25) is 0 Å². The molecule has 2 rings (SSSR count). The number of amides is 1. The zero-order chi connectivity index (χ0) is 19.5. The minimum absolute atomic E-state index is 0.151. The van der Waals surface area contributed by atoms with Crippen molar-refractivity contribution in [1.82, 2.24) is 5.32 Å². The van der Waals surface area contributed by atoms with E-state index in [9.17, 15) is 9.59 Å². The monoisotopic (exact) mass is 401 g/mol. The lowest BCUT2D eigenvalue weighted by molar-refractivity contribution is -0.116. The van der Waals surface area contributed by atoms with Gasteiger partial charge in [-0.25, -0.2) is 4.79 Å². The number of hydrogen-bond acceptors (Lipinski definition) is 5. The van der Waals surface area contributed by atoms with Crippen molar-refractivity contribution in [3.05, 3.63) is 39.1 Å². The molecule has 0 bridgehead atoms. The molecule has 0 radical (unpaired) electrons. The van der Waals surface area contributed by atoms with E-state index in [1.165, 1.54) is 0 Å². The molecule has 0 saturated heterocycles. The second-order valence-corrected chi connectivity index (χ2v) is 6.94. The number of methoxy groups -OCH3 is 1. The first-order valence-corrected chi connectivity index (χ1v) is 8.86. The highest BCUT2D eigenvalue weighted by atomic mass is 35.5. The van der Waals surface area contributed by atoms with Crippen molar-refractivity contribution in [1.29, 1.82) is 0 Å². The van der Waals surface area contributed by atoms with Gasteiger partial charge in [0.05, 0.1) is 22.7 Å². The molecule has 1 aromatic rings. The van der Waals surface area contributed by atoms with Gasteiger partial charge in [0, 0.05) is 30.7 Å². The van der Waals surface area contributed by atoms with Crippen LogP contribution in [-0.4, -0.2) is 37.9 Å². The van der Waals surface area contributed by atoms with Crippen LogP contribution in [0.25, 0.3) is 5.57 Å². The van der Waals surface area contributed by atoms with E-state index in [1.807, 2.05) is 0 Å². The van der Waals surface area contributed by atoms with E-state index >= 15 is 0 Å². The van der Waals surface area contributed by atoms with Crippen LogP contribution in [0.4, 0.5) is 4.79 Å². The highest BCUT2D eigenvalue weighted by molar-refractivity contribution is 6.38. The molecule has 26 heavy (non-hydrogen) atoms. The van der Waals surface area contributed by atoms with E-state index in [0.29, 0.717) is 34.2 Å². The Morgan fingerprint density at radius 3 is 2.58 bits per heavy atom. The van der Waals surface area contributed by atoms with Crippen molar-refractivity contribution in [2.75, 3.05) is 20.3 Å². The Labute approximate surface area is 162 Å². The first-order valence-electron chi connectivity index (χ1n) is 8.10. The molecule has 1 N–H and O–H groups in total. The maximum Gasteiger partial charge on any atom is 0.513 e. The topological polar surface area (TPSA) is 73.9 Å². The second-order valence-electron chi connectivity index (χ2n) is 6.10. The minimum atomic E-state index is -0.940. The van der Waals surface area contributed by atoms with Crippen LogP contribution in [0.3, 0.4) is 0 Å². The van der Waals surface area contributed by atoms with Gasteiger partial charge in [-0.3, -0.25) is 4.79 Å². The fourth-order valence-corrected chi connectivity index (χ4v) is 3.56. The standard InChI is InChI=1S/C18H21Cl2NO5/c1-5-25-17(23)26-15-14(13-10(2)8-11(19)9-12(13)20)16(22)21-18(15,3)6-7-24-4/h8-9H,5-7H2,1-4H3,(H,21,22). The summed E-state index contributed by atoms with van der Waals surface area (Å²) in [5.74, 6) is -0.236. The van der Waals surface area contributed by atoms with Gasteiger partial charge in [-0.05, 0) is 38.5 Å². The van der Waals surface area contributed by atoms with E-state index in [4.69, 9.17) is 37.4 Å². The Morgan fingerprint density at radius 2 is 2.00 bits per heavy atom. The first kappa shape index (κ1) is 20.6. The molecule has 1 heterocycles. The minimum Gasteiger partial charge on any atom is -0.434 e. The Hall–Kier alpha value is -1.76. The predicted molar refractivity (Wildman–Crippen MR) is 99.3 cm³/mol. The van der Waals surface area contributed by atoms with Crippen LogP contribution in [-0.2, 0) is 19.0 Å². The van der Waals surface area contributed by atoms with Gasteiger partial charge in [0.15, 0.2) is 0 Å². The van der Waals surface area contributed by atoms with Crippen molar-refractivity contribution in [2.24, 2.45) is 0 Å². The predicted octanol–water partition coefficient (Wildman–Crippen LogP) is 4.11. The Morgan fingerprint density at radius 1 is 1.31 bits per heavy atom. The van der Waals surface area contributed by atoms with Crippen LogP contribution >= 0.6 is 23.2 Å². The van der Waals surface area contributed by atoms with Gasteiger partial charge in [-0.1, -0.05) is 23.2 Å². The zero-order valence-electron chi connectivity index (χ0n) is 15.1. The molecule has 6 nitrogen and oxygen atoms in total. The number of benzene rings is 1. The second kappa shape index (κ2) is 8.29. The van der Waals surface area contributed by atoms with Gasteiger partial charge in [0.1, 0.15) is 5.76 Å². The lowest BCUT2D eigenvalue weighted by atomic mass is 9.93. The number of carbonyl (C=O) groups excluding carboxylic acids is 2. The molecule has 8 heteroatoms. The van der Waals surface area contributed by atoms with Crippen LogP contribution in [0.5, 0.6) is 0 Å². The van der Waals surface area contributed by atoms with Crippen molar-refractivity contribution in [3.8, 4) is 0 Å². The summed E-state index contributed by atoms with van der Waals surface area (Å²) >= 11 is 12.4. The molecule has 0 aliphatic carbocycles. The quantitative estimate of drug-likeness (QED) is 0.725. The summed E-state index contributed by atoms with van der Waals surface area (Å²) in [4.78, 5) is 24.7. The molecule has 142 valence electrons. The number of rotatable bonds is 6. The van der Waals surface area contributed by atoms with E-state index < -0.39 is 17.6 Å².